The van der Waals surface area contributed by atoms with Crippen molar-refractivity contribution in [2.24, 2.45) is 0 Å². The third-order valence-corrected chi connectivity index (χ3v) is 4.81. The number of benzene rings is 2. The van der Waals surface area contributed by atoms with Gasteiger partial charge in [0.25, 0.3) is 5.56 Å². The molecule has 0 aliphatic carbocycles. The smallest absolute Gasteiger partial charge is 0.332 e. The van der Waals surface area contributed by atoms with Crippen LogP contribution in [-0.4, -0.2) is 33.5 Å². The predicted molar refractivity (Wildman–Crippen MR) is 115 cm³/mol. The van der Waals surface area contributed by atoms with Gasteiger partial charge in [0.05, 0.1) is 25.1 Å². The van der Waals surface area contributed by atoms with Crippen LogP contribution in [0.5, 0.6) is 11.5 Å². The van der Waals surface area contributed by atoms with Gasteiger partial charge in [0.1, 0.15) is 18.0 Å². The van der Waals surface area contributed by atoms with Gasteiger partial charge >= 0.3 is 5.69 Å². The molecule has 0 unspecified atom stereocenters. The Balaban J connectivity index is 1.78. The van der Waals surface area contributed by atoms with Gasteiger partial charge in [-0.1, -0.05) is 23.4 Å². The van der Waals surface area contributed by atoms with E-state index in [9.17, 15) is 9.59 Å². The van der Waals surface area contributed by atoms with Crippen LogP contribution in [0, 0.1) is 0 Å². The monoisotopic (exact) mass is 420 g/mol. The highest BCUT2D eigenvalue weighted by Gasteiger charge is 2.16. The number of hydrogen-bond donors (Lipinski definition) is 0. The fourth-order valence-corrected chi connectivity index (χ4v) is 3.32. The summed E-state index contributed by atoms with van der Waals surface area (Å²) in [4.78, 5) is 30.1. The van der Waals surface area contributed by atoms with Gasteiger partial charge in [0, 0.05) is 18.2 Å². The Morgan fingerprint density at radius 1 is 1.06 bits per heavy atom. The van der Waals surface area contributed by atoms with Gasteiger partial charge in [0.2, 0.25) is 11.7 Å². The molecule has 0 aliphatic rings. The van der Waals surface area contributed by atoms with Crippen molar-refractivity contribution in [1.82, 2.24) is 19.3 Å². The number of fused-ring (bicyclic) bond motifs is 1. The molecule has 4 aromatic rings. The Morgan fingerprint density at radius 2 is 1.77 bits per heavy atom. The van der Waals surface area contributed by atoms with Crippen LogP contribution in [0.1, 0.15) is 5.89 Å². The molecular weight excluding hydrogens is 400 g/mol. The van der Waals surface area contributed by atoms with Crippen LogP contribution in [0.3, 0.4) is 0 Å². The molecule has 0 spiro atoms. The van der Waals surface area contributed by atoms with Crippen LogP contribution in [0.4, 0.5) is 0 Å². The van der Waals surface area contributed by atoms with Crippen molar-refractivity contribution in [3.8, 4) is 22.9 Å². The number of ether oxygens (including phenoxy) is 2. The fraction of sp³-hybridized carbons (Fsp3) is 0.182. The van der Waals surface area contributed by atoms with Crippen molar-refractivity contribution in [3.63, 3.8) is 0 Å². The highest BCUT2D eigenvalue weighted by molar-refractivity contribution is 5.77. The van der Waals surface area contributed by atoms with Gasteiger partial charge in [-0.3, -0.25) is 13.9 Å². The molecule has 0 radical (unpaired) electrons. The second-order valence-corrected chi connectivity index (χ2v) is 6.70. The minimum absolute atomic E-state index is 0.00483. The molecule has 0 bridgehead atoms. The Bertz CT molecular complexity index is 1360. The molecule has 0 fully saturated rings. The quantitative estimate of drug-likeness (QED) is 0.423. The standard InChI is InChI=1S/C22H20N4O5/c1-4-9-25-21(27)17-7-5-6-8-18(17)26(22(25)28)13-19-23-20(24-31-19)14-10-15(29-2)12-16(11-14)30-3/h4-8,10-12H,1,9,13H2,2-3H3. The van der Waals surface area contributed by atoms with Crippen molar-refractivity contribution in [3.05, 3.63) is 81.8 Å². The minimum Gasteiger partial charge on any atom is -0.497 e. The van der Waals surface area contributed by atoms with Crippen LogP contribution in [0.2, 0.25) is 0 Å². The average molecular weight is 420 g/mol. The van der Waals surface area contributed by atoms with Gasteiger partial charge in [0.15, 0.2) is 0 Å². The lowest BCUT2D eigenvalue weighted by atomic mass is 10.2. The summed E-state index contributed by atoms with van der Waals surface area (Å²) in [6, 6.07) is 12.1. The SMILES string of the molecule is C=CCn1c(=O)c2ccccc2n(Cc2nc(-c3cc(OC)cc(OC)c3)no2)c1=O. The lowest BCUT2D eigenvalue weighted by molar-refractivity contribution is 0.369. The van der Waals surface area contributed by atoms with Crippen molar-refractivity contribution in [2.45, 2.75) is 13.1 Å². The number of methoxy groups -OCH3 is 2. The number of allylic oxidation sites excluding steroid dienone is 1. The summed E-state index contributed by atoms with van der Waals surface area (Å²) in [6.07, 6.45) is 1.50. The fourth-order valence-electron chi connectivity index (χ4n) is 3.32. The van der Waals surface area contributed by atoms with E-state index in [1.165, 1.54) is 10.6 Å². The molecule has 0 aliphatic heterocycles. The summed E-state index contributed by atoms with van der Waals surface area (Å²) in [5.41, 5.74) is 0.276. The van der Waals surface area contributed by atoms with Gasteiger partial charge in [-0.15, -0.1) is 6.58 Å². The summed E-state index contributed by atoms with van der Waals surface area (Å²) in [6.45, 7) is 3.73. The molecule has 0 saturated heterocycles. The zero-order chi connectivity index (χ0) is 22.0. The van der Waals surface area contributed by atoms with E-state index in [0.29, 0.717) is 33.8 Å². The van der Waals surface area contributed by atoms with E-state index in [1.54, 1.807) is 56.7 Å². The molecule has 9 nitrogen and oxygen atoms in total. The molecule has 0 N–H and O–H groups in total. The molecule has 4 rings (SSSR count). The molecule has 2 heterocycles. The normalized spacial score (nSPS) is 10.9. The van der Waals surface area contributed by atoms with E-state index in [0.717, 1.165) is 4.57 Å². The summed E-state index contributed by atoms with van der Waals surface area (Å²) in [5, 5.41) is 4.44. The maximum Gasteiger partial charge on any atom is 0.332 e. The first kappa shape index (κ1) is 20.1. The first-order valence-electron chi connectivity index (χ1n) is 9.45. The van der Waals surface area contributed by atoms with Crippen molar-refractivity contribution in [1.29, 1.82) is 0 Å². The van der Waals surface area contributed by atoms with Crippen LogP contribution in [-0.2, 0) is 13.1 Å². The van der Waals surface area contributed by atoms with Gasteiger partial charge in [-0.25, -0.2) is 4.79 Å². The Hall–Kier alpha value is -4.14. The van der Waals surface area contributed by atoms with Gasteiger partial charge in [-0.05, 0) is 24.3 Å². The third-order valence-electron chi connectivity index (χ3n) is 4.81. The molecule has 2 aromatic carbocycles. The molecular formula is C22H20N4O5. The lowest BCUT2D eigenvalue weighted by Crippen LogP contribution is -2.40. The molecule has 9 heteroatoms. The van der Waals surface area contributed by atoms with E-state index in [2.05, 4.69) is 16.7 Å². The molecule has 0 amide bonds. The second kappa shape index (κ2) is 8.31. The highest BCUT2D eigenvalue weighted by Crippen LogP contribution is 2.28. The van der Waals surface area contributed by atoms with Crippen LogP contribution in [0.25, 0.3) is 22.3 Å². The lowest BCUT2D eigenvalue weighted by Gasteiger charge is -2.11. The maximum absolute atomic E-state index is 13.0. The van der Waals surface area contributed by atoms with Crippen LogP contribution in [0.15, 0.2) is 69.2 Å². The summed E-state index contributed by atoms with van der Waals surface area (Å²) in [5.74, 6) is 1.70. The zero-order valence-corrected chi connectivity index (χ0v) is 17.1. The summed E-state index contributed by atoms with van der Waals surface area (Å²) < 4.78 is 18.5. The molecule has 31 heavy (non-hydrogen) atoms. The van der Waals surface area contributed by atoms with Gasteiger partial charge in [-0.2, -0.15) is 4.98 Å². The number of aromatic nitrogens is 4. The Morgan fingerprint density at radius 3 is 2.45 bits per heavy atom. The minimum atomic E-state index is -0.480. The third kappa shape index (κ3) is 3.73. The largest absolute Gasteiger partial charge is 0.497 e. The summed E-state index contributed by atoms with van der Waals surface area (Å²) in [7, 11) is 3.10. The molecule has 0 atom stereocenters. The Kier molecular flexibility index (Phi) is 5.40. The van der Waals surface area contributed by atoms with Crippen molar-refractivity contribution in [2.75, 3.05) is 14.2 Å². The van der Waals surface area contributed by atoms with E-state index >= 15 is 0 Å². The van der Waals surface area contributed by atoms with E-state index in [4.69, 9.17) is 14.0 Å². The average Bonchev–Trinajstić information content (AvgIpc) is 3.28. The predicted octanol–water partition coefficient (Wildman–Crippen LogP) is 2.46. The topological polar surface area (TPSA) is 101 Å². The maximum atomic E-state index is 13.0. The number of nitrogens with zero attached hydrogens (tertiary/aromatic N) is 4. The van der Waals surface area contributed by atoms with Crippen LogP contribution < -0.4 is 20.7 Å². The molecule has 0 saturated carbocycles. The van der Waals surface area contributed by atoms with Crippen molar-refractivity contribution < 1.29 is 14.0 Å². The Labute approximate surface area is 176 Å². The first-order chi connectivity index (χ1) is 15.0. The van der Waals surface area contributed by atoms with E-state index < -0.39 is 5.69 Å². The molecule has 2 aromatic heterocycles. The van der Waals surface area contributed by atoms with E-state index in [-0.39, 0.29) is 24.5 Å². The molecule has 158 valence electrons. The van der Waals surface area contributed by atoms with E-state index in [1.807, 2.05) is 0 Å². The highest BCUT2D eigenvalue weighted by atomic mass is 16.5. The van der Waals surface area contributed by atoms with Crippen LogP contribution >= 0.6 is 0 Å². The number of para-hydroxylation sites is 1. The number of hydrogen-bond acceptors (Lipinski definition) is 7. The van der Waals surface area contributed by atoms with Gasteiger partial charge < -0.3 is 14.0 Å². The first-order valence-corrected chi connectivity index (χ1v) is 9.45. The van der Waals surface area contributed by atoms with Crippen molar-refractivity contribution >= 4 is 10.9 Å². The zero-order valence-electron chi connectivity index (χ0n) is 17.1. The second-order valence-electron chi connectivity index (χ2n) is 6.70. The summed E-state index contributed by atoms with van der Waals surface area (Å²) >= 11 is 0. The number of rotatable bonds is 7.